The zero-order valence-corrected chi connectivity index (χ0v) is 10.4. The topological polar surface area (TPSA) is 111 Å². The van der Waals surface area contributed by atoms with Gasteiger partial charge < -0.3 is 10.2 Å². The van der Waals surface area contributed by atoms with E-state index in [4.69, 9.17) is 10.2 Å². The van der Waals surface area contributed by atoms with Crippen LogP contribution in [0.3, 0.4) is 0 Å². The summed E-state index contributed by atoms with van der Waals surface area (Å²) in [6.45, 7) is 1.72. The summed E-state index contributed by atoms with van der Waals surface area (Å²) in [6, 6.07) is 2.80. The number of hydrogen-bond acceptors (Lipinski definition) is 6. The van der Waals surface area contributed by atoms with Crippen molar-refractivity contribution in [3.63, 3.8) is 0 Å². The van der Waals surface area contributed by atoms with Gasteiger partial charge in [-0.25, -0.2) is 23.1 Å². The fourth-order valence-electron chi connectivity index (χ4n) is 1.27. The molecular formula is C10H12N4O3S. The quantitative estimate of drug-likeness (QED) is 0.832. The number of oxazole rings is 1. The van der Waals surface area contributed by atoms with Crippen LogP contribution < -0.4 is 10.5 Å². The van der Waals surface area contributed by atoms with Gasteiger partial charge in [0, 0.05) is 6.20 Å². The van der Waals surface area contributed by atoms with Gasteiger partial charge >= 0.3 is 0 Å². The largest absolute Gasteiger partial charge is 0.445 e. The number of pyridine rings is 1. The third-order valence-corrected chi connectivity index (χ3v) is 3.54. The Hall–Kier alpha value is -1.93. The molecule has 2 aromatic heterocycles. The number of aromatic nitrogens is 2. The van der Waals surface area contributed by atoms with Crippen LogP contribution in [-0.4, -0.2) is 18.4 Å². The number of nitrogens with two attached hydrogens (primary N) is 1. The van der Waals surface area contributed by atoms with Gasteiger partial charge in [0.25, 0.3) is 0 Å². The molecule has 0 atom stereocenters. The highest BCUT2D eigenvalue weighted by Gasteiger charge is 2.15. The Morgan fingerprint density at radius 1 is 1.33 bits per heavy atom. The van der Waals surface area contributed by atoms with E-state index in [1.165, 1.54) is 24.5 Å². The van der Waals surface area contributed by atoms with Crippen LogP contribution in [0, 0.1) is 6.92 Å². The van der Waals surface area contributed by atoms with Crippen molar-refractivity contribution in [3.8, 4) is 0 Å². The smallest absolute Gasteiger partial charge is 0.242 e. The van der Waals surface area contributed by atoms with E-state index in [1.807, 2.05) is 0 Å². The van der Waals surface area contributed by atoms with Crippen LogP contribution >= 0.6 is 0 Å². The van der Waals surface area contributed by atoms with Crippen LogP contribution in [-0.2, 0) is 16.6 Å². The molecule has 0 bridgehead atoms. The van der Waals surface area contributed by atoms with Crippen LogP contribution in [0.4, 0.5) is 5.82 Å². The third kappa shape index (κ3) is 2.84. The average Bonchev–Trinajstić information content (AvgIpc) is 2.73. The molecule has 96 valence electrons. The number of anilines is 1. The summed E-state index contributed by atoms with van der Waals surface area (Å²) < 4.78 is 31.2. The number of nitrogens with zero attached hydrogens (tertiary/aromatic N) is 2. The summed E-state index contributed by atoms with van der Waals surface area (Å²) in [5, 5.41) is 0. The minimum atomic E-state index is -3.63. The standard InChI is InChI=1S/C10H12N4O3S/c1-7-4-13-10(17-7)6-14-18(15,16)8-2-3-9(11)12-5-8/h2-5,14H,6H2,1H3,(H2,11,12). The molecule has 7 nitrogen and oxygen atoms in total. The summed E-state index contributed by atoms with van der Waals surface area (Å²) in [6.07, 6.45) is 2.72. The summed E-state index contributed by atoms with van der Waals surface area (Å²) in [7, 11) is -3.63. The summed E-state index contributed by atoms with van der Waals surface area (Å²) in [4.78, 5) is 7.66. The van der Waals surface area contributed by atoms with E-state index < -0.39 is 10.0 Å². The molecule has 0 aliphatic heterocycles. The lowest BCUT2D eigenvalue weighted by Gasteiger charge is -2.04. The highest BCUT2D eigenvalue weighted by Crippen LogP contribution is 2.09. The van der Waals surface area contributed by atoms with Gasteiger partial charge in [0.1, 0.15) is 16.5 Å². The molecule has 0 spiro atoms. The van der Waals surface area contributed by atoms with E-state index >= 15 is 0 Å². The number of nitrogen functional groups attached to an aromatic ring is 1. The number of sulfonamides is 1. The molecule has 2 rings (SSSR count). The lowest BCUT2D eigenvalue weighted by molar-refractivity contribution is 0.463. The Labute approximate surface area is 104 Å². The Morgan fingerprint density at radius 2 is 2.11 bits per heavy atom. The fourth-order valence-corrected chi connectivity index (χ4v) is 2.19. The van der Waals surface area contributed by atoms with Crippen molar-refractivity contribution >= 4 is 15.8 Å². The van der Waals surface area contributed by atoms with Gasteiger partial charge in [0.2, 0.25) is 15.9 Å². The number of hydrogen-bond donors (Lipinski definition) is 2. The van der Waals surface area contributed by atoms with Gasteiger partial charge in [0.15, 0.2) is 0 Å². The van der Waals surface area contributed by atoms with Gasteiger partial charge in [0.05, 0.1) is 12.7 Å². The molecular weight excluding hydrogens is 256 g/mol. The van der Waals surface area contributed by atoms with Crippen LogP contribution in [0.2, 0.25) is 0 Å². The maximum absolute atomic E-state index is 11.9. The molecule has 0 aromatic carbocycles. The Bertz CT molecular complexity index is 633. The van der Waals surface area contributed by atoms with Crippen molar-refractivity contribution in [2.24, 2.45) is 0 Å². The number of nitrogens with one attached hydrogen (secondary N) is 1. The predicted octanol–water partition coefficient (Wildman–Crippen LogP) is 0.439. The number of aryl methyl sites for hydroxylation is 1. The Kier molecular flexibility index (Phi) is 3.30. The van der Waals surface area contributed by atoms with Crippen molar-refractivity contribution in [3.05, 3.63) is 36.2 Å². The van der Waals surface area contributed by atoms with E-state index in [2.05, 4.69) is 14.7 Å². The normalized spacial score (nSPS) is 11.6. The van der Waals surface area contributed by atoms with Gasteiger partial charge in [-0.3, -0.25) is 0 Å². The van der Waals surface area contributed by atoms with Gasteiger partial charge in [-0.2, -0.15) is 0 Å². The molecule has 2 aromatic rings. The lowest BCUT2D eigenvalue weighted by atomic mass is 10.5. The zero-order valence-electron chi connectivity index (χ0n) is 9.62. The molecule has 18 heavy (non-hydrogen) atoms. The maximum atomic E-state index is 11.9. The summed E-state index contributed by atoms with van der Waals surface area (Å²) in [5.41, 5.74) is 5.39. The van der Waals surface area contributed by atoms with Crippen molar-refractivity contribution < 1.29 is 12.8 Å². The molecule has 8 heteroatoms. The van der Waals surface area contributed by atoms with Crippen molar-refractivity contribution in [1.82, 2.24) is 14.7 Å². The van der Waals surface area contributed by atoms with Gasteiger partial charge in [-0.1, -0.05) is 0 Å². The van der Waals surface area contributed by atoms with E-state index in [1.54, 1.807) is 6.92 Å². The Balaban J connectivity index is 2.10. The molecule has 0 unspecified atom stereocenters. The minimum Gasteiger partial charge on any atom is -0.445 e. The van der Waals surface area contributed by atoms with E-state index in [9.17, 15) is 8.42 Å². The van der Waals surface area contributed by atoms with Gasteiger partial charge in [-0.05, 0) is 19.1 Å². The summed E-state index contributed by atoms with van der Waals surface area (Å²) in [5.74, 6) is 1.19. The zero-order chi connectivity index (χ0) is 13.2. The van der Waals surface area contributed by atoms with E-state index in [-0.39, 0.29) is 17.3 Å². The molecule has 2 heterocycles. The molecule has 0 aliphatic rings. The average molecular weight is 268 g/mol. The monoisotopic (exact) mass is 268 g/mol. The first-order valence-electron chi connectivity index (χ1n) is 5.10. The van der Waals surface area contributed by atoms with Crippen LogP contribution in [0.15, 0.2) is 33.8 Å². The lowest BCUT2D eigenvalue weighted by Crippen LogP contribution is -2.23. The molecule has 0 fully saturated rings. The molecule has 0 saturated carbocycles. The van der Waals surface area contributed by atoms with E-state index in [0.717, 1.165) is 0 Å². The first-order chi connectivity index (χ1) is 8.47. The molecule has 3 N–H and O–H groups in total. The molecule has 0 amide bonds. The predicted molar refractivity (Wildman–Crippen MR) is 63.9 cm³/mol. The van der Waals surface area contributed by atoms with Crippen LogP contribution in [0.25, 0.3) is 0 Å². The van der Waals surface area contributed by atoms with E-state index in [0.29, 0.717) is 11.7 Å². The third-order valence-electron chi connectivity index (χ3n) is 2.15. The van der Waals surface area contributed by atoms with Crippen molar-refractivity contribution in [1.29, 1.82) is 0 Å². The van der Waals surface area contributed by atoms with Crippen LogP contribution in [0.1, 0.15) is 11.7 Å². The Morgan fingerprint density at radius 3 is 2.67 bits per heavy atom. The second-order valence-electron chi connectivity index (χ2n) is 3.61. The molecule has 0 radical (unpaired) electrons. The highest BCUT2D eigenvalue weighted by molar-refractivity contribution is 7.89. The highest BCUT2D eigenvalue weighted by atomic mass is 32.2. The number of rotatable bonds is 4. The first-order valence-corrected chi connectivity index (χ1v) is 6.58. The fraction of sp³-hybridized carbons (Fsp3) is 0.200. The van der Waals surface area contributed by atoms with Crippen molar-refractivity contribution in [2.45, 2.75) is 18.4 Å². The van der Waals surface area contributed by atoms with Crippen molar-refractivity contribution in [2.75, 3.05) is 5.73 Å². The van der Waals surface area contributed by atoms with Crippen LogP contribution in [0.5, 0.6) is 0 Å². The molecule has 0 saturated heterocycles. The first kappa shape index (κ1) is 12.5. The summed E-state index contributed by atoms with van der Waals surface area (Å²) >= 11 is 0. The molecule has 0 aliphatic carbocycles. The second kappa shape index (κ2) is 4.75. The minimum absolute atomic E-state index is 0.0133. The van der Waals surface area contributed by atoms with Gasteiger partial charge in [-0.15, -0.1) is 0 Å². The SMILES string of the molecule is Cc1cnc(CNS(=O)(=O)c2ccc(N)nc2)o1. The second-order valence-corrected chi connectivity index (χ2v) is 5.37. The maximum Gasteiger partial charge on any atom is 0.242 e.